The summed E-state index contributed by atoms with van der Waals surface area (Å²) in [6.07, 6.45) is 0.903. The van der Waals surface area contributed by atoms with Gasteiger partial charge in [-0.2, -0.15) is 0 Å². The maximum Gasteiger partial charge on any atom is 0.263 e. The van der Waals surface area contributed by atoms with E-state index in [9.17, 15) is 8.42 Å². The lowest BCUT2D eigenvalue weighted by Crippen LogP contribution is -2.14. The van der Waals surface area contributed by atoms with Crippen molar-refractivity contribution in [1.29, 1.82) is 0 Å². The van der Waals surface area contributed by atoms with Crippen LogP contribution >= 0.6 is 0 Å². The molecule has 1 aromatic heterocycles. The molecule has 0 bridgehead atoms. The lowest BCUT2D eigenvalue weighted by Gasteiger charge is -2.11. The zero-order valence-electron chi connectivity index (χ0n) is 13.0. The molecule has 0 aliphatic rings. The van der Waals surface area contributed by atoms with Crippen molar-refractivity contribution in [3.8, 4) is 5.75 Å². The molecule has 2 rings (SSSR count). The summed E-state index contributed by atoms with van der Waals surface area (Å²) in [5, 5.41) is 0. The Bertz CT molecular complexity index is 758. The van der Waals surface area contributed by atoms with Crippen LogP contribution in [-0.4, -0.2) is 20.0 Å². The van der Waals surface area contributed by atoms with Crippen LogP contribution in [0.4, 0.5) is 5.82 Å². The highest BCUT2D eigenvalue weighted by molar-refractivity contribution is 7.92. The molecule has 1 heterocycles. The number of ether oxygens (including phenoxy) is 1. The molecule has 1 aromatic carbocycles. The van der Waals surface area contributed by atoms with Crippen molar-refractivity contribution in [2.24, 2.45) is 0 Å². The summed E-state index contributed by atoms with van der Waals surface area (Å²) in [5.41, 5.74) is 1.54. The van der Waals surface area contributed by atoms with E-state index in [-0.39, 0.29) is 4.90 Å². The molecule has 118 valence electrons. The van der Waals surface area contributed by atoms with E-state index >= 15 is 0 Å². The highest BCUT2D eigenvalue weighted by atomic mass is 32.2. The predicted octanol–water partition coefficient (Wildman–Crippen LogP) is 3.29. The van der Waals surface area contributed by atoms with Crippen LogP contribution in [0.3, 0.4) is 0 Å². The van der Waals surface area contributed by atoms with Crippen LogP contribution < -0.4 is 9.46 Å². The number of nitrogens with one attached hydrogen (secondary N) is 1. The second-order valence-electron chi connectivity index (χ2n) is 5.05. The van der Waals surface area contributed by atoms with Gasteiger partial charge in [-0.05, 0) is 56.2 Å². The van der Waals surface area contributed by atoms with E-state index in [1.165, 1.54) is 6.07 Å². The third-order valence-electron chi connectivity index (χ3n) is 3.05. The van der Waals surface area contributed by atoms with E-state index in [1.54, 1.807) is 24.3 Å². The average Bonchev–Trinajstić information content (AvgIpc) is 2.45. The fourth-order valence-electron chi connectivity index (χ4n) is 1.96. The third kappa shape index (κ3) is 3.98. The number of aryl methyl sites for hydroxylation is 2. The monoisotopic (exact) mass is 320 g/mol. The molecule has 1 N–H and O–H groups in total. The first-order valence-electron chi connectivity index (χ1n) is 7.12. The molecular formula is C16H20N2O3S. The highest BCUT2D eigenvalue weighted by Gasteiger charge is 2.16. The number of hydrogen-bond acceptors (Lipinski definition) is 4. The van der Waals surface area contributed by atoms with Crippen molar-refractivity contribution in [2.45, 2.75) is 32.1 Å². The van der Waals surface area contributed by atoms with Crippen molar-refractivity contribution in [3.63, 3.8) is 0 Å². The lowest BCUT2D eigenvalue weighted by molar-refractivity contribution is 0.315. The van der Waals surface area contributed by atoms with Crippen LogP contribution in [0, 0.1) is 13.8 Å². The lowest BCUT2D eigenvalue weighted by atomic mass is 10.2. The molecule has 22 heavy (non-hydrogen) atoms. The van der Waals surface area contributed by atoms with E-state index in [0.717, 1.165) is 17.7 Å². The minimum absolute atomic E-state index is 0.192. The van der Waals surface area contributed by atoms with Crippen molar-refractivity contribution in [2.75, 3.05) is 11.3 Å². The number of pyridine rings is 1. The van der Waals surface area contributed by atoms with Crippen molar-refractivity contribution in [1.82, 2.24) is 4.98 Å². The van der Waals surface area contributed by atoms with Crippen molar-refractivity contribution < 1.29 is 13.2 Å². The average molecular weight is 320 g/mol. The molecular weight excluding hydrogens is 300 g/mol. The Hall–Kier alpha value is -2.08. The maximum absolute atomic E-state index is 12.4. The Morgan fingerprint density at radius 2 is 1.95 bits per heavy atom. The molecule has 0 radical (unpaired) electrons. The first kappa shape index (κ1) is 16.3. The molecule has 0 spiro atoms. The maximum atomic E-state index is 12.4. The second-order valence-corrected chi connectivity index (χ2v) is 6.73. The van der Waals surface area contributed by atoms with E-state index in [1.807, 2.05) is 26.8 Å². The summed E-state index contributed by atoms with van der Waals surface area (Å²) < 4.78 is 32.8. The molecule has 0 atom stereocenters. The molecule has 0 amide bonds. The number of rotatable bonds is 6. The summed E-state index contributed by atoms with van der Waals surface area (Å²) in [6.45, 7) is 6.27. The van der Waals surface area contributed by atoms with Crippen LogP contribution in [0.1, 0.15) is 24.6 Å². The second kappa shape index (κ2) is 6.79. The first-order valence-corrected chi connectivity index (χ1v) is 8.60. The molecule has 5 nitrogen and oxygen atoms in total. The molecule has 6 heteroatoms. The number of anilines is 1. The van der Waals surface area contributed by atoms with Gasteiger partial charge in [0.15, 0.2) is 0 Å². The minimum atomic E-state index is -3.66. The van der Waals surface area contributed by atoms with Gasteiger partial charge in [0.05, 0.1) is 11.5 Å². The third-order valence-corrected chi connectivity index (χ3v) is 4.40. The summed E-state index contributed by atoms with van der Waals surface area (Å²) in [7, 11) is -3.66. The quantitative estimate of drug-likeness (QED) is 0.887. The van der Waals surface area contributed by atoms with Gasteiger partial charge in [-0.15, -0.1) is 0 Å². The van der Waals surface area contributed by atoms with E-state index in [0.29, 0.717) is 18.2 Å². The van der Waals surface area contributed by atoms with Gasteiger partial charge in [0.2, 0.25) is 0 Å². The zero-order valence-corrected chi connectivity index (χ0v) is 13.8. The van der Waals surface area contributed by atoms with Crippen LogP contribution in [0.5, 0.6) is 5.75 Å². The van der Waals surface area contributed by atoms with Gasteiger partial charge in [-0.25, -0.2) is 13.4 Å². The normalized spacial score (nSPS) is 11.2. The number of nitrogens with zero attached hydrogens (tertiary/aromatic N) is 1. The van der Waals surface area contributed by atoms with Gasteiger partial charge in [-0.3, -0.25) is 4.72 Å². The van der Waals surface area contributed by atoms with Crippen molar-refractivity contribution >= 4 is 15.8 Å². The van der Waals surface area contributed by atoms with Gasteiger partial charge >= 0.3 is 0 Å². The summed E-state index contributed by atoms with van der Waals surface area (Å²) in [4.78, 5) is 4.34. The Morgan fingerprint density at radius 3 is 2.59 bits per heavy atom. The van der Waals surface area contributed by atoms with Crippen LogP contribution in [0.2, 0.25) is 0 Å². The molecule has 0 fully saturated rings. The molecule has 0 unspecified atom stereocenters. The molecule has 0 saturated heterocycles. The highest BCUT2D eigenvalue weighted by Crippen LogP contribution is 2.23. The van der Waals surface area contributed by atoms with Crippen LogP contribution in [-0.2, 0) is 10.0 Å². The Labute approximate surface area is 131 Å². The van der Waals surface area contributed by atoms with Gasteiger partial charge in [-0.1, -0.05) is 13.0 Å². The van der Waals surface area contributed by atoms with Gasteiger partial charge < -0.3 is 4.74 Å². The van der Waals surface area contributed by atoms with E-state index in [4.69, 9.17) is 4.74 Å². The van der Waals surface area contributed by atoms with E-state index in [2.05, 4.69) is 9.71 Å². The standard InChI is InChI=1S/C16H20N2O3S/c1-4-10-21-15-9-8-14(11-12(15)2)22(19,20)18-16-7-5-6-13(3)17-16/h5-9,11H,4,10H2,1-3H3,(H,17,18). The summed E-state index contributed by atoms with van der Waals surface area (Å²) >= 11 is 0. The Kier molecular flexibility index (Phi) is 5.03. The van der Waals surface area contributed by atoms with Crippen LogP contribution in [0.25, 0.3) is 0 Å². The smallest absolute Gasteiger partial charge is 0.263 e. The zero-order chi connectivity index (χ0) is 16.2. The number of aromatic nitrogens is 1. The molecule has 2 aromatic rings. The fourth-order valence-corrected chi connectivity index (χ4v) is 3.05. The SMILES string of the molecule is CCCOc1ccc(S(=O)(=O)Nc2cccc(C)n2)cc1C. The number of sulfonamides is 1. The molecule has 0 aliphatic carbocycles. The predicted molar refractivity (Wildman–Crippen MR) is 86.7 cm³/mol. The Balaban J connectivity index is 2.24. The number of benzene rings is 1. The minimum Gasteiger partial charge on any atom is -0.493 e. The van der Waals surface area contributed by atoms with Gasteiger partial charge in [0, 0.05) is 5.69 Å². The van der Waals surface area contributed by atoms with Gasteiger partial charge in [0.1, 0.15) is 11.6 Å². The summed E-state index contributed by atoms with van der Waals surface area (Å²) in [5.74, 6) is 1.01. The summed E-state index contributed by atoms with van der Waals surface area (Å²) in [6, 6.07) is 10.0. The Morgan fingerprint density at radius 1 is 1.18 bits per heavy atom. The molecule has 0 saturated carbocycles. The fraction of sp³-hybridized carbons (Fsp3) is 0.312. The topological polar surface area (TPSA) is 68.3 Å². The van der Waals surface area contributed by atoms with Gasteiger partial charge in [0.25, 0.3) is 10.0 Å². The largest absolute Gasteiger partial charge is 0.493 e. The van der Waals surface area contributed by atoms with Crippen molar-refractivity contribution in [3.05, 3.63) is 47.7 Å². The first-order chi connectivity index (χ1) is 10.4. The number of hydrogen-bond donors (Lipinski definition) is 1. The van der Waals surface area contributed by atoms with E-state index < -0.39 is 10.0 Å². The van der Waals surface area contributed by atoms with Crippen LogP contribution in [0.15, 0.2) is 41.3 Å². The molecule has 0 aliphatic heterocycles.